The van der Waals surface area contributed by atoms with Crippen LogP contribution in [0.5, 0.6) is 0 Å². The van der Waals surface area contributed by atoms with E-state index in [-0.39, 0.29) is 18.1 Å². The predicted molar refractivity (Wildman–Crippen MR) is 87.5 cm³/mol. The highest BCUT2D eigenvalue weighted by Gasteiger charge is 2.26. The summed E-state index contributed by atoms with van der Waals surface area (Å²) >= 11 is 0. The van der Waals surface area contributed by atoms with E-state index >= 15 is 0 Å². The number of urea groups is 1. The lowest BCUT2D eigenvalue weighted by Crippen LogP contribution is -2.51. The topological polar surface area (TPSA) is 80.5 Å². The second-order valence-corrected chi connectivity index (χ2v) is 6.00. The minimum Gasteiger partial charge on any atom is -0.377 e. The van der Waals surface area contributed by atoms with Crippen LogP contribution in [0.1, 0.15) is 37.2 Å². The zero-order valence-electron chi connectivity index (χ0n) is 13.9. The lowest BCUT2D eigenvalue weighted by molar-refractivity contribution is 0.0184. The Hall–Kier alpha value is -2.41. The Morgan fingerprint density at radius 3 is 2.96 bits per heavy atom. The molecule has 7 nitrogen and oxygen atoms in total. The number of rotatable bonds is 4. The van der Waals surface area contributed by atoms with Gasteiger partial charge in [-0.3, -0.25) is 0 Å². The summed E-state index contributed by atoms with van der Waals surface area (Å²) in [5.41, 5.74) is 1.10. The van der Waals surface area contributed by atoms with E-state index in [1.807, 2.05) is 44.2 Å². The van der Waals surface area contributed by atoms with Gasteiger partial charge >= 0.3 is 6.03 Å². The van der Waals surface area contributed by atoms with Crippen LogP contribution in [0.2, 0.25) is 0 Å². The molecular formula is C17H22N4O3. The number of ether oxygens (including phenoxy) is 1. The molecule has 3 rings (SSSR count). The predicted octanol–water partition coefficient (Wildman–Crippen LogP) is 2.15. The normalized spacial score (nSPS) is 19.1. The van der Waals surface area contributed by atoms with Crippen molar-refractivity contribution in [1.82, 2.24) is 20.4 Å². The molecule has 2 amide bonds. The van der Waals surface area contributed by atoms with Gasteiger partial charge in [-0.1, -0.05) is 35.5 Å². The maximum absolute atomic E-state index is 12.4. The first-order valence-electron chi connectivity index (χ1n) is 8.15. The molecule has 1 aliphatic rings. The van der Waals surface area contributed by atoms with E-state index in [2.05, 4.69) is 15.5 Å². The third-order valence-corrected chi connectivity index (χ3v) is 4.04. The summed E-state index contributed by atoms with van der Waals surface area (Å²) in [5, 5.41) is 6.91. The van der Waals surface area contributed by atoms with E-state index in [4.69, 9.17) is 9.26 Å². The van der Waals surface area contributed by atoms with Crippen molar-refractivity contribution in [3.63, 3.8) is 0 Å². The molecule has 0 aliphatic carbocycles. The summed E-state index contributed by atoms with van der Waals surface area (Å²) in [5.74, 6) is 1.02. The molecule has 2 heterocycles. The van der Waals surface area contributed by atoms with E-state index in [0.29, 0.717) is 37.9 Å². The van der Waals surface area contributed by atoms with Gasteiger partial charge in [0.15, 0.2) is 5.82 Å². The highest BCUT2D eigenvalue weighted by Crippen LogP contribution is 2.13. The van der Waals surface area contributed by atoms with E-state index in [9.17, 15) is 4.79 Å². The lowest BCUT2D eigenvalue weighted by Gasteiger charge is -2.33. The standard InChI is InChI=1S/C17H22N4O3/c1-12-11-23-9-8-21(12)17(22)18-13(2)16-19-15(24-20-16)10-14-6-4-3-5-7-14/h3-7,12-13H,8-11H2,1-2H3,(H,18,22)/t12-,13+/m1/s1. The van der Waals surface area contributed by atoms with Crippen LogP contribution in [0.25, 0.3) is 0 Å². The second kappa shape index (κ2) is 7.44. The molecule has 1 aliphatic heterocycles. The van der Waals surface area contributed by atoms with Crippen molar-refractivity contribution in [1.29, 1.82) is 0 Å². The first-order valence-corrected chi connectivity index (χ1v) is 8.15. The number of hydrogen-bond donors (Lipinski definition) is 1. The quantitative estimate of drug-likeness (QED) is 0.929. The second-order valence-electron chi connectivity index (χ2n) is 6.00. The van der Waals surface area contributed by atoms with Gasteiger partial charge in [0, 0.05) is 6.54 Å². The van der Waals surface area contributed by atoms with Gasteiger partial charge < -0.3 is 19.5 Å². The molecule has 1 N–H and O–H groups in total. The molecule has 7 heteroatoms. The number of nitrogens with one attached hydrogen (secondary N) is 1. The zero-order chi connectivity index (χ0) is 16.9. The summed E-state index contributed by atoms with van der Waals surface area (Å²) in [7, 11) is 0. The molecule has 2 atom stereocenters. The summed E-state index contributed by atoms with van der Waals surface area (Å²) in [6.45, 7) is 5.53. The van der Waals surface area contributed by atoms with Gasteiger partial charge in [0.05, 0.1) is 31.7 Å². The molecule has 0 radical (unpaired) electrons. The maximum atomic E-state index is 12.4. The summed E-state index contributed by atoms with van der Waals surface area (Å²) in [6.07, 6.45) is 0.578. The van der Waals surface area contributed by atoms with Crippen LogP contribution in [0.3, 0.4) is 0 Å². The van der Waals surface area contributed by atoms with Crippen LogP contribution >= 0.6 is 0 Å². The maximum Gasteiger partial charge on any atom is 0.318 e. The van der Waals surface area contributed by atoms with Gasteiger partial charge in [-0.25, -0.2) is 4.79 Å². The Labute approximate surface area is 141 Å². The number of aromatic nitrogens is 2. The molecule has 0 unspecified atom stereocenters. The van der Waals surface area contributed by atoms with Crippen molar-refractivity contribution in [2.45, 2.75) is 32.4 Å². The largest absolute Gasteiger partial charge is 0.377 e. The highest BCUT2D eigenvalue weighted by atomic mass is 16.5. The van der Waals surface area contributed by atoms with E-state index in [1.165, 1.54) is 0 Å². The van der Waals surface area contributed by atoms with Crippen molar-refractivity contribution < 1.29 is 14.1 Å². The zero-order valence-corrected chi connectivity index (χ0v) is 13.9. The number of nitrogens with zero attached hydrogens (tertiary/aromatic N) is 3. The van der Waals surface area contributed by atoms with Gasteiger partial charge in [-0.15, -0.1) is 0 Å². The number of hydrogen-bond acceptors (Lipinski definition) is 5. The van der Waals surface area contributed by atoms with Gasteiger partial charge in [0.1, 0.15) is 0 Å². The summed E-state index contributed by atoms with van der Waals surface area (Å²) in [4.78, 5) is 18.5. The van der Waals surface area contributed by atoms with Crippen LogP contribution in [0.4, 0.5) is 4.79 Å². The van der Waals surface area contributed by atoms with Crippen LogP contribution in [-0.4, -0.2) is 46.9 Å². The minimum atomic E-state index is -0.319. The molecule has 0 saturated carbocycles. The number of carbonyl (C=O) groups excluding carboxylic acids is 1. The molecule has 0 bridgehead atoms. The minimum absolute atomic E-state index is 0.0601. The Morgan fingerprint density at radius 1 is 1.42 bits per heavy atom. The number of carbonyl (C=O) groups is 1. The molecule has 128 valence electrons. The number of amides is 2. The summed E-state index contributed by atoms with van der Waals surface area (Å²) < 4.78 is 10.6. The molecule has 1 fully saturated rings. The molecule has 1 saturated heterocycles. The van der Waals surface area contributed by atoms with Crippen molar-refractivity contribution in [2.24, 2.45) is 0 Å². The van der Waals surface area contributed by atoms with Gasteiger partial charge in [-0.05, 0) is 19.4 Å². The fourth-order valence-electron chi connectivity index (χ4n) is 2.65. The smallest absolute Gasteiger partial charge is 0.318 e. The third-order valence-electron chi connectivity index (χ3n) is 4.04. The summed E-state index contributed by atoms with van der Waals surface area (Å²) in [6, 6.07) is 9.53. The van der Waals surface area contributed by atoms with E-state index in [0.717, 1.165) is 5.56 Å². The lowest BCUT2D eigenvalue weighted by atomic mass is 10.1. The van der Waals surface area contributed by atoms with Crippen LogP contribution in [-0.2, 0) is 11.2 Å². The van der Waals surface area contributed by atoms with E-state index in [1.54, 1.807) is 4.90 Å². The molecule has 24 heavy (non-hydrogen) atoms. The first-order chi connectivity index (χ1) is 11.6. The highest BCUT2D eigenvalue weighted by molar-refractivity contribution is 5.75. The van der Waals surface area contributed by atoms with Gasteiger partial charge in [0.2, 0.25) is 5.89 Å². The van der Waals surface area contributed by atoms with Crippen molar-refractivity contribution >= 4 is 6.03 Å². The van der Waals surface area contributed by atoms with Crippen molar-refractivity contribution in [3.05, 3.63) is 47.6 Å². The number of morpholine rings is 1. The van der Waals surface area contributed by atoms with Gasteiger partial charge in [-0.2, -0.15) is 4.98 Å². The van der Waals surface area contributed by atoms with Crippen LogP contribution < -0.4 is 5.32 Å². The fourth-order valence-corrected chi connectivity index (χ4v) is 2.65. The molecule has 0 spiro atoms. The van der Waals surface area contributed by atoms with Crippen LogP contribution in [0, 0.1) is 0 Å². The van der Waals surface area contributed by atoms with Crippen molar-refractivity contribution in [2.75, 3.05) is 19.8 Å². The molecule has 2 aromatic rings. The Morgan fingerprint density at radius 2 is 2.21 bits per heavy atom. The Balaban J connectivity index is 1.59. The molecule has 1 aromatic heterocycles. The fraction of sp³-hybridized carbons (Fsp3) is 0.471. The average Bonchev–Trinajstić information content (AvgIpc) is 3.04. The van der Waals surface area contributed by atoms with Crippen LogP contribution in [0.15, 0.2) is 34.9 Å². The third kappa shape index (κ3) is 3.91. The monoisotopic (exact) mass is 330 g/mol. The molecular weight excluding hydrogens is 308 g/mol. The van der Waals surface area contributed by atoms with Crippen molar-refractivity contribution in [3.8, 4) is 0 Å². The van der Waals surface area contributed by atoms with E-state index < -0.39 is 0 Å². The Kier molecular flexibility index (Phi) is 5.10. The average molecular weight is 330 g/mol. The Bertz CT molecular complexity index is 673. The number of benzene rings is 1. The SMILES string of the molecule is C[C@H](NC(=O)N1CCOC[C@H]1C)c1noc(Cc2ccccc2)n1. The molecule has 1 aromatic carbocycles. The van der Waals surface area contributed by atoms with Gasteiger partial charge in [0.25, 0.3) is 0 Å². The first kappa shape index (κ1) is 16.4.